The van der Waals surface area contributed by atoms with Gasteiger partial charge in [0, 0.05) is 17.3 Å². The molecular formula is C67H60N4O5S3. The summed E-state index contributed by atoms with van der Waals surface area (Å²) in [6, 6.07) is 87.3. The van der Waals surface area contributed by atoms with Crippen LogP contribution in [0.2, 0.25) is 0 Å². The zero-order chi connectivity index (χ0) is 54.9. The maximum absolute atomic E-state index is 15.5. The van der Waals surface area contributed by atoms with E-state index >= 15 is 9.59 Å². The van der Waals surface area contributed by atoms with Crippen LogP contribution in [-0.2, 0) is 33.4 Å². The lowest BCUT2D eigenvalue weighted by Gasteiger charge is -2.37. The molecule has 0 aliphatic heterocycles. The lowest BCUT2D eigenvalue weighted by molar-refractivity contribution is -0.133. The van der Waals surface area contributed by atoms with Crippen LogP contribution in [0.1, 0.15) is 50.1 Å². The van der Waals surface area contributed by atoms with Gasteiger partial charge >= 0.3 is 6.09 Å². The zero-order valence-electron chi connectivity index (χ0n) is 43.3. The molecule has 3 atom stereocenters. The summed E-state index contributed by atoms with van der Waals surface area (Å²) in [6.45, 7) is 0. The molecular weight excluding hydrogens is 1040 g/mol. The van der Waals surface area contributed by atoms with Gasteiger partial charge in [-0.25, -0.2) is 4.79 Å². The van der Waals surface area contributed by atoms with Crippen molar-refractivity contribution in [3.63, 3.8) is 0 Å². The Bertz CT molecular complexity index is 3080. The van der Waals surface area contributed by atoms with Gasteiger partial charge in [0.15, 0.2) is 6.10 Å². The summed E-state index contributed by atoms with van der Waals surface area (Å²) in [4.78, 5) is 57.6. The first-order valence-corrected chi connectivity index (χ1v) is 28.9. The van der Waals surface area contributed by atoms with E-state index in [-0.39, 0.29) is 17.3 Å². The van der Waals surface area contributed by atoms with Gasteiger partial charge in [0.25, 0.3) is 5.91 Å². The monoisotopic (exact) mass is 1100 g/mol. The molecule has 79 heavy (non-hydrogen) atoms. The number of carbonyl (C=O) groups is 4. The highest BCUT2D eigenvalue weighted by Crippen LogP contribution is 2.51. The molecule has 6 N–H and O–H groups in total. The third-order valence-electron chi connectivity index (χ3n) is 13.9. The molecule has 0 saturated heterocycles. The summed E-state index contributed by atoms with van der Waals surface area (Å²) in [5, 5.41) is 6.03. The predicted octanol–water partition coefficient (Wildman–Crippen LogP) is 12.1. The van der Waals surface area contributed by atoms with Crippen molar-refractivity contribution in [2.75, 3.05) is 17.3 Å². The van der Waals surface area contributed by atoms with Crippen molar-refractivity contribution in [3.8, 4) is 0 Å². The van der Waals surface area contributed by atoms with Crippen molar-refractivity contribution in [2.24, 2.45) is 11.5 Å². The quantitative estimate of drug-likeness (QED) is 0.0436. The van der Waals surface area contributed by atoms with Crippen molar-refractivity contribution in [3.05, 3.63) is 323 Å². The third-order valence-corrected chi connectivity index (χ3v) is 18.7. The summed E-state index contributed by atoms with van der Waals surface area (Å²) in [5.41, 5.74) is 20.6. The molecule has 12 heteroatoms. The fourth-order valence-electron chi connectivity index (χ4n) is 10.1. The first-order valence-electron chi connectivity index (χ1n) is 25.9. The number of ether oxygens (including phenoxy) is 1. The Morgan fingerprint density at radius 1 is 0.329 bits per heavy atom. The number of benzene rings is 9. The minimum absolute atomic E-state index is 0.0325. The number of primary amides is 2. The molecule has 0 spiro atoms. The Labute approximate surface area is 475 Å². The second-order valence-electron chi connectivity index (χ2n) is 18.7. The van der Waals surface area contributed by atoms with E-state index in [1.807, 2.05) is 237 Å². The topological polar surface area (TPSA) is 154 Å². The number of nitrogens with one attached hydrogen (secondary N) is 2. The molecule has 9 rings (SSSR count). The zero-order valence-corrected chi connectivity index (χ0v) is 45.7. The van der Waals surface area contributed by atoms with Gasteiger partial charge in [-0.2, -0.15) is 0 Å². The molecule has 0 saturated carbocycles. The van der Waals surface area contributed by atoms with Crippen LogP contribution in [-0.4, -0.2) is 59.3 Å². The van der Waals surface area contributed by atoms with E-state index in [4.69, 9.17) is 16.2 Å². The van der Waals surface area contributed by atoms with Gasteiger partial charge in [-0.3, -0.25) is 14.4 Å². The largest absolute Gasteiger partial charge is 0.435 e. The van der Waals surface area contributed by atoms with Gasteiger partial charge in [-0.05, 0) is 50.1 Å². The maximum Gasteiger partial charge on any atom is 0.405 e. The van der Waals surface area contributed by atoms with Crippen molar-refractivity contribution >= 4 is 59.1 Å². The highest BCUT2D eigenvalue weighted by Gasteiger charge is 2.43. The Hall–Kier alpha value is -8.29. The SMILES string of the molecule is NC(=O)OC(CSC(c1ccccc1)(c1ccccc1)c1ccccc1)C(=O)NC(CSC(c1ccccc1)(c1ccccc1)c1ccccc1)C(=O)NC(CSC(c1ccccc1)(c1ccccc1)c1ccccc1)C(N)=O. The molecule has 0 aromatic heterocycles. The minimum Gasteiger partial charge on any atom is -0.435 e. The molecule has 4 amide bonds. The number of hydrogen-bond donors (Lipinski definition) is 4. The predicted molar refractivity (Wildman–Crippen MR) is 323 cm³/mol. The van der Waals surface area contributed by atoms with E-state index in [1.165, 1.54) is 35.3 Å². The first kappa shape index (κ1) is 55.5. The maximum atomic E-state index is 15.5. The van der Waals surface area contributed by atoms with E-state index < -0.39 is 56.2 Å². The molecule has 0 heterocycles. The number of thioether (sulfide) groups is 3. The van der Waals surface area contributed by atoms with Crippen LogP contribution < -0.4 is 22.1 Å². The van der Waals surface area contributed by atoms with E-state index in [0.717, 1.165) is 50.1 Å². The summed E-state index contributed by atoms with van der Waals surface area (Å²) >= 11 is 4.33. The van der Waals surface area contributed by atoms with E-state index in [2.05, 4.69) is 47.0 Å². The molecule has 0 aliphatic rings. The van der Waals surface area contributed by atoms with Crippen molar-refractivity contribution < 1.29 is 23.9 Å². The van der Waals surface area contributed by atoms with Gasteiger partial charge in [-0.15, -0.1) is 35.3 Å². The average Bonchev–Trinajstić information content (AvgIpc) is 3.63. The van der Waals surface area contributed by atoms with Crippen molar-refractivity contribution in [2.45, 2.75) is 32.4 Å². The molecule has 9 aromatic rings. The molecule has 0 radical (unpaired) electrons. The second kappa shape index (κ2) is 26.4. The smallest absolute Gasteiger partial charge is 0.405 e. The molecule has 0 aliphatic carbocycles. The minimum atomic E-state index is -1.49. The van der Waals surface area contributed by atoms with Gasteiger partial charge in [-0.1, -0.05) is 273 Å². The third kappa shape index (κ3) is 12.5. The number of rotatable bonds is 24. The van der Waals surface area contributed by atoms with E-state index in [9.17, 15) is 9.59 Å². The lowest BCUT2D eigenvalue weighted by atomic mass is 9.84. The van der Waals surface area contributed by atoms with Gasteiger partial charge < -0.3 is 26.8 Å². The molecule has 9 aromatic carbocycles. The van der Waals surface area contributed by atoms with Gasteiger partial charge in [0.1, 0.15) is 12.1 Å². The van der Waals surface area contributed by atoms with Crippen LogP contribution in [0.25, 0.3) is 0 Å². The Balaban J connectivity index is 1.10. The Kier molecular flexibility index (Phi) is 18.5. The standard InChI is InChI=1S/C67H60N4O5S3/c68-61(72)58(46-77-65(49-28-10-1-11-29-49,50-30-12-2-13-31-50)51-32-14-3-15-33-51)70-62(73)59(47-78-66(52-34-16-4-17-35-52,53-36-18-5-19-37-53)54-38-20-6-21-39-54)71-63(74)60(76-64(69)75)48-79-67(55-40-22-7-23-41-55,56-42-24-8-25-43-56)57-44-26-9-27-45-57/h1-45,58-60H,46-48H2,(H2,68,72)(H2,69,75)(H,70,73)(H,71,74). The molecule has 0 fully saturated rings. The molecule has 396 valence electrons. The molecule has 9 nitrogen and oxygen atoms in total. The Morgan fingerprint density at radius 2 is 0.544 bits per heavy atom. The lowest BCUT2D eigenvalue weighted by Crippen LogP contribution is -2.57. The van der Waals surface area contributed by atoms with Gasteiger partial charge in [0.2, 0.25) is 11.8 Å². The number of carbonyl (C=O) groups excluding carboxylic acids is 4. The van der Waals surface area contributed by atoms with Crippen LogP contribution in [0.15, 0.2) is 273 Å². The summed E-state index contributed by atoms with van der Waals surface area (Å²) in [6.07, 6.45) is -2.66. The number of hydrogen-bond acceptors (Lipinski definition) is 8. The average molecular weight is 1100 g/mol. The number of amides is 4. The first-order chi connectivity index (χ1) is 38.6. The summed E-state index contributed by atoms with van der Waals surface area (Å²) in [7, 11) is 0. The normalized spacial score (nSPS) is 12.8. The second-order valence-corrected chi connectivity index (χ2v) is 22.4. The summed E-state index contributed by atoms with van der Waals surface area (Å²) in [5.74, 6) is -2.27. The van der Waals surface area contributed by atoms with Crippen LogP contribution >= 0.6 is 35.3 Å². The van der Waals surface area contributed by atoms with Crippen molar-refractivity contribution in [1.82, 2.24) is 10.6 Å². The molecule has 3 unspecified atom stereocenters. The Morgan fingerprint density at radius 3 is 0.772 bits per heavy atom. The fraction of sp³-hybridized carbons (Fsp3) is 0.134. The highest BCUT2D eigenvalue weighted by molar-refractivity contribution is 8.01. The van der Waals surface area contributed by atoms with E-state index in [1.54, 1.807) is 0 Å². The van der Waals surface area contributed by atoms with Gasteiger partial charge in [0.05, 0.1) is 14.2 Å². The van der Waals surface area contributed by atoms with Crippen molar-refractivity contribution in [1.29, 1.82) is 0 Å². The summed E-state index contributed by atoms with van der Waals surface area (Å²) < 4.78 is 3.08. The fourth-order valence-corrected chi connectivity index (χ4v) is 14.8. The van der Waals surface area contributed by atoms with Crippen LogP contribution in [0.5, 0.6) is 0 Å². The van der Waals surface area contributed by atoms with E-state index in [0.29, 0.717) is 0 Å². The van der Waals surface area contributed by atoms with Crippen LogP contribution in [0.3, 0.4) is 0 Å². The highest BCUT2D eigenvalue weighted by atomic mass is 32.2. The van der Waals surface area contributed by atoms with Crippen LogP contribution in [0.4, 0.5) is 4.79 Å². The van der Waals surface area contributed by atoms with Crippen LogP contribution in [0, 0.1) is 0 Å². The molecule has 0 bridgehead atoms. The number of nitrogens with two attached hydrogens (primary N) is 2.